The minimum Gasteiger partial charge on any atom is -0.486 e. The first-order valence-corrected chi connectivity index (χ1v) is 10.4. The van der Waals surface area contributed by atoms with Gasteiger partial charge in [-0.1, -0.05) is 30.3 Å². The standard InChI is InChI=1S/C23H19BrN2O5/c24-17-12-20-21(30-11-10-29-20)13-18(17)26-22(27)14-31-19-9-5-4-8-16(19)23(28)25-15-6-2-1-3-7-15/h1-9,12-13H,10-11,14H2,(H,25,28)(H,26,27). The fraction of sp³-hybridized carbons (Fsp3) is 0.130. The summed E-state index contributed by atoms with van der Waals surface area (Å²) >= 11 is 3.42. The summed E-state index contributed by atoms with van der Waals surface area (Å²) in [5, 5.41) is 5.58. The highest BCUT2D eigenvalue weighted by Gasteiger charge is 2.17. The van der Waals surface area contributed by atoms with E-state index >= 15 is 0 Å². The molecule has 0 fully saturated rings. The predicted molar refractivity (Wildman–Crippen MR) is 120 cm³/mol. The zero-order valence-corrected chi connectivity index (χ0v) is 18.0. The lowest BCUT2D eigenvalue weighted by Gasteiger charge is -2.20. The van der Waals surface area contributed by atoms with E-state index in [0.717, 1.165) is 0 Å². The van der Waals surface area contributed by atoms with Crippen LogP contribution in [0.15, 0.2) is 71.2 Å². The second-order valence-corrected chi connectivity index (χ2v) is 7.48. The summed E-state index contributed by atoms with van der Waals surface area (Å²) in [7, 11) is 0. The van der Waals surface area contributed by atoms with Crippen LogP contribution >= 0.6 is 15.9 Å². The molecular formula is C23H19BrN2O5. The molecule has 1 heterocycles. The largest absolute Gasteiger partial charge is 0.486 e. The number of nitrogens with one attached hydrogen (secondary N) is 2. The summed E-state index contributed by atoms with van der Waals surface area (Å²) in [5.41, 5.74) is 1.54. The third-order valence-corrected chi connectivity index (χ3v) is 5.08. The number of hydrogen-bond donors (Lipinski definition) is 2. The molecule has 1 aliphatic rings. The van der Waals surface area contributed by atoms with Gasteiger partial charge >= 0.3 is 0 Å². The van der Waals surface area contributed by atoms with Crippen molar-refractivity contribution in [3.8, 4) is 17.2 Å². The number of carbonyl (C=O) groups excluding carboxylic acids is 2. The Bertz CT molecular complexity index is 1100. The summed E-state index contributed by atoms with van der Waals surface area (Å²) in [6, 6.07) is 19.3. The van der Waals surface area contributed by atoms with E-state index in [1.807, 2.05) is 18.2 Å². The summed E-state index contributed by atoms with van der Waals surface area (Å²) in [4.78, 5) is 25.1. The van der Waals surface area contributed by atoms with Crippen molar-refractivity contribution in [3.05, 3.63) is 76.8 Å². The van der Waals surface area contributed by atoms with Crippen molar-refractivity contribution in [2.24, 2.45) is 0 Å². The van der Waals surface area contributed by atoms with Gasteiger partial charge in [-0.05, 0) is 40.2 Å². The second-order valence-electron chi connectivity index (χ2n) is 6.63. The van der Waals surface area contributed by atoms with Crippen molar-refractivity contribution >= 4 is 39.1 Å². The van der Waals surface area contributed by atoms with Gasteiger partial charge in [0, 0.05) is 22.3 Å². The van der Waals surface area contributed by atoms with Crippen LogP contribution in [0.5, 0.6) is 17.2 Å². The monoisotopic (exact) mass is 482 g/mol. The average Bonchev–Trinajstić information content (AvgIpc) is 2.79. The van der Waals surface area contributed by atoms with Gasteiger partial charge in [-0.2, -0.15) is 0 Å². The summed E-state index contributed by atoms with van der Waals surface area (Å²) in [6.07, 6.45) is 0. The molecular weight excluding hydrogens is 464 g/mol. The maximum atomic E-state index is 12.6. The molecule has 158 valence electrons. The van der Waals surface area contributed by atoms with Gasteiger partial charge in [-0.3, -0.25) is 9.59 Å². The molecule has 0 aliphatic carbocycles. The number of fused-ring (bicyclic) bond motifs is 1. The summed E-state index contributed by atoms with van der Waals surface area (Å²) < 4.78 is 17.4. The molecule has 3 aromatic carbocycles. The molecule has 0 bridgehead atoms. The highest BCUT2D eigenvalue weighted by molar-refractivity contribution is 9.10. The molecule has 3 aromatic rings. The molecule has 0 unspecified atom stereocenters. The van der Waals surface area contributed by atoms with Crippen LogP contribution in [-0.4, -0.2) is 31.6 Å². The Hall–Kier alpha value is -3.52. The number of carbonyl (C=O) groups is 2. The molecule has 0 aromatic heterocycles. The zero-order valence-electron chi connectivity index (χ0n) is 16.4. The molecule has 31 heavy (non-hydrogen) atoms. The van der Waals surface area contributed by atoms with Gasteiger partial charge in [0.05, 0.1) is 11.3 Å². The third kappa shape index (κ3) is 5.16. The molecule has 1 aliphatic heterocycles. The number of ether oxygens (including phenoxy) is 3. The Morgan fingerprint density at radius 3 is 2.35 bits per heavy atom. The minimum atomic E-state index is -0.379. The Balaban J connectivity index is 1.40. The number of benzene rings is 3. The van der Waals surface area contributed by atoms with Gasteiger partial charge in [0.15, 0.2) is 18.1 Å². The van der Waals surface area contributed by atoms with Gasteiger partial charge in [0.1, 0.15) is 19.0 Å². The molecule has 0 saturated heterocycles. The Labute approximate surface area is 187 Å². The first kappa shape index (κ1) is 20.7. The van der Waals surface area contributed by atoms with Crippen LogP contribution in [0.25, 0.3) is 0 Å². The smallest absolute Gasteiger partial charge is 0.262 e. The van der Waals surface area contributed by atoms with Gasteiger partial charge < -0.3 is 24.8 Å². The van der Waals surface area contributed by atoms with Crippen molar-refractivity contribution in [1.29, 1.82) is 0 Å². The van der Waals surface area contributed by atoms with E-state index in [9.17, 15) is 9.59 Å². The van der Waals surface area contributed by atoms with E-state index in [1.165, 1.54) is 0 Å². The van der Waals surface area contributed by atoms with Gasteiger partial charge in [-0.15, -0.1) is 0 Å². The second kappa shape index (κ2) is 9.53. The molecule has 7 nitrogen and oxygen atoms in total. The van der Waals surface area contributed by atoms with Crippen molar-refractivity contribution < 1.29 is 23.8 Å². The van der Waals surface area contributed by atoms with Crippen LogP contribution in [-0.2, 0) is 4.79 Å². The molecule has 2 N–H and O–H groups in total. The first-order valence-electron chi connectivity index (χ1n) is 9.57. The van der Waals surface area contributed by atoms with Crippen LogP contribution < -0.4 is 24.8 Å². The number of halogens is 1. The normalized spacial score (nSPS) is 12.0. The van der Waals surface area contributed by atoms with Crippen molar-refractivity contribution in [3.63, 3.8) is 0 Å². The number of para-hydroxylation sites is 2. The van der Waals surface area contributed by atoms with E-state index in [4.69, 9.17) is 14.2 Å². The zero-order chi connectivity index (χ0) is 21.6. The molecule has 8 heteroatoms. The van der Waals surface area contributed by atoms with E-state index in [2.05, 4.69) is 26.6 Å². The Morgan fingerprint density at radius 1 is 0.903 bits per heavy atom. The van der Waals surface area contributed by atoms with E-state index in [-0.39, 0.29) is 18.4 Å². The van der Waals surface area contributed by atoms with Crippen LogP contribution in [0.1, 0.15) is 10.4 Å². The van der Waals surface area contributed by atoms with Crippen LogP contribution in [0, 0.1) is 0 Å². The van der Waals surface area contributed by atoms with Gasteiger partial charge in [0.25, 0.3) is 11.8 Å². The van der Waals surface area contributed by atoms with Crippen LogP contribution in [0.4, 0.5) is 11.4 Å². The van der Waals surface area contributed by atoms with Crippen molar-refractivity contribution in [2.45, 2.75) is 0 Å². The minimum absolute atomic E-state index is 0.267. The molecule has 0 atom stereocenters. The SMILES string of the molecule is O=C(COc1ccccc1C(=O)Nc1ccccc1)Nc1cc2c(cc1Br)OCCO2. The van der Waals surface area contributed by atoms with Gasteiger partial charge in [0.2, 0.25) is 0 Å². The summed E-state index contributed by atoms with van der Waals surface area (Å²) in [6.45, 7) is 0.666. The fourth-order valence-corrected chi connectivity index (χ4v) is 3.41. The number of anilines is 2. The highest BCUT2D eigenvalue weighted by atomic mass is 79.9. The molecule has 4 rings (SSSR count). The lowest BCUT2D eigenvalue weighted by Crippen LogP contribution is -2.22. The van der Waals surface area contributed by atoms with E-state index < -0.39 is 0 Å². The van der Waals surface area contributed by atoms with Crippen molar-refractivity contribution in [1.82, 2.24) is 0 Å². The maximum absolute atomic E-state index is 12.6. The predicted octanol–water partition coefficient (Wildman–Crippen LogP) is 4.49. The van der Waals surface area contributed by atoms with Gasteiger partial charge in [-0.25, -0.2) is 0 Å². The first-order chi connectivity index (χ1) is 15.1. The summed E-state index contributed by atoms with van der Waals surface area (Å²) in [5.74, 6) is 0.791. The van der Waals surface area contributed by atoms with Crippen LogP contribution in [0.3, 0.4) is 0 Å². The maximum Gasteiger partial charge on any atom is 0.262 e. The van der Waals surface area contributed by atoms with E-state index in [1.54, 1.807) is 48.5 Å². The number of hydrogen-bond acceptors (Lipinski definition) is 5. The Morgan fingerprint density at radius 2 is 1.58 bits per heavy atom. The van der Waals surface area contributed by atoms with Crippen molar-refractivity contribution in [2.75, 3.05) is 30.5 Å². The molecule has 0 radical (unpaired) electrons. The number of amides is 2. The molecule has 0 spiro atoms. The lowest BCUT2D eigenvalue weighted by atomic mass is 10.2. The Kier molecular flexibility index (Phi) is 6.37. The lowest BCUT2D eigenvalue weighted by molar-refractivity contribution is -0.118. The number of rotatable bonds is 6. The molecule has 0 saturated carbocycles. The fourth-order valence-electron chi connectivity index (χ4n) is 2.99. The molecule has 2 amide bonds. The highest BCUT2D eigenvalue weighted by Crippen LogP contribution is 2.38. The average molecular weight is 483 g/mol. The van der Waals surface area contributed by atoms with Crippen LogP contribution in [0.2, 0.25) is 0 Å². The topological polar surface area (TPSA) is 85.9 Å². The van der Waals surface area contributed by atoms with E-state index in [0.29, 0.717) is 51.9 Å². The third-order valence-electron chi connectivity index (χ3n) is 4.43. The quantitative estimate of drug-likeness (QED) is 0.540.